The molecule has 6 heteroatoms. The minimum Gasteiger partial charge on any atom is -0.442 e. The van der Waals surface area contributed by atoms with E-state index < -0.39 is 10.1 Å². The summed E-state index contributed by atoms with van der Waals surface area (Å²) < 4.78 is 32.1. The van der Waals surface area contributed by atoms with Crippen LogP contribution in [-0.4, -0.2) is 26.3 Å². The van der Waals surface area contributed by atoms with Gasteiger partial charge < -0.3 is 4.42 Å². The highest BCUT2D eigenvalue weighted by molar-refractivity contribution is 7.85. The molecule has 0 amide bonds. The van der Waals surface area contributed by atoms with E-state index in [0.717, 1.165) is 17.7 Å². The van der Waals surface area contributed by atoms with Crippen molar-refractivity contribution in [3.8, 4) is 0 Å². The van der Waals surface area contributed by atoms with Gasteiger partial charge in [0.15, 0.2) is 0 Å². The first kappa shape index (κ1) is 16.2. The Morgan fingerprint density at radius 1 is 1.33 bits per heavy atom. The topological polar surface area (TPSA) is 69.4 Å². The van der Waals surface area contributed by atoms with Gasteiger partial charge in [0.25, 0.3) is 10.1 Å². The van der Waals surface area contributed by atoms with Crippen molar-refractivity contribution in [3.63, 3.8) is 0 Å². The zero-order chi connectivity index (χ0) is 15.3. The van der Waals surface area contributed by atoms with E-state index in [1.807, 2.05) is 13.0 Å². The monoisotopic (exact) mass is 313 g/mol. The van der Waals surface area contributed by atoms with E-state index in [-0.39, 0.29) is 6.61 Å². The maximum Gasteiger partial charge on any atom is 0.264 e. The maximum absolute atomic E-state index is 10.9. The van der Waals surface area contributed by atoms with Crippen molar-refractivity contribution in [3.05, 3.63) is 23.4 Å². The Hall–Kier alpha value is -1.14. The Bertz CT molecular complexity index is 583. The molecule has 1 saturated carbocycles. The molecule has 0 spiro atoms. The third-order valence-electron chi connectivity index (χ3n) is 3.71. The fraction of sp³-hybridized carbons (Fsp3) is 0.667. The summed E-state index contributed by atoms with van der Waals surface area (Å²) in [6.45, 7) is 1.93. The summed E-state index contributed by atoms with van der Waals surface area (Å²) >= 11 is 0. The van der Waals surface area contributed by atoms with Gasteiger partial charge in [-0.15, -0.1) is 0 Å². The maximum atomic E-state index is 10.9. The van der Waals surface area contributed by atoms with Crippen LogP contribution in [0.1, 0.15) is 49.4 Å². The fourth-order valence-electron chi connectivity index (χ4n) is 2.59. The second kappa shape index (κ2) is 7.22. The molecule has 1 fully saturated rings. The second-order valence-electron chi connectivity index (χ2n) is 5.59. The first-order chi connectivity index (χ1) is 9.94. The summed E-state index contributed by atoms with van der Waals surface area (Å²) in [7, 11) is -3.40. The van der Waals surface area contributed by atoms with E-state index in [1.165, 1.54) is 32.1 Å². The molecule has 118 valence electrons. The molecule has 0 aliphatic heterocycles. The fourth-order valence-corrected chi connectivity index (χ4v) is 2.97. The van der Waals surface area contributed by atoms with Crippen LogP contribution in [0.15, 0.2) is 10.5 Å². The third kappa shape index (κ3) is 5.63. The van der Waals surface area contributed by atoms with E-state index in [2.05, 4.69) is 11.1 Å². The molecule has 1 aliphatic rings. The molecule has 0 bridgehead atoms. The lowest BCUT2D eigenvalue weighted by molar-refractivity contribution is 0.324. The predicted octanol–water partition coefficient (Wildman–Crippen LogP) is 3.10. The second-order valence-corrected chi connectivity index (χ2v) is 7.23. The summed E-state index contributed by atoms with van der Waals surface area (Å²) in [4.78, 5) is 4.39. The number of aromatic nitrogens is 1. The summed E-state index contributed by atoms with van der Waals surface area (Å²) in [5.74, 6) is 1.94. The van der Waals surface area contributed by atoms with Gasteiger partial charge in [-0.2, -0.15) is 8.42 Å². The molecule has 0 aromatic carbocycles. The molecule has 0 N–H and O–H groups in total. The molecule has 0 atom stereocenters. The normalized spacial score (nSPS) is 17.6. The Kier molecular flexibility index (Phi) is 5.58. The lowest BCUT2D eigenvalue weighted by atomic mass is 9.89. The highest BCUT2D eigenvalue weighted by Crippen LogP contribution is 2.25. The van der Waals surface area contributed by atoms with Crippen molar-refractivity contribution in [2.24, 2.45) is 5.92 Å². The molecule has 2 rings (SSSR count). The van der Waals surface area contributed by atoms with Crippen LogP contribution in [-0.2, 0) is 20.7 Å². The number of hydrogen-bond donors (Lipinski definition) is 0. The van der Waals surface area contributed by atoms with Crippen LogP contribution in [0.5, 0.6) is 0 Å². The van der Waals surface area contributed by atoms with Gasteiger partial charge in [0.1, 0.15) is 5.76 Å². The van der Waals surface area contributed by atoms with Crippen LogP contribution in [0, 0.1) is 12.8 Å². The number of oxazole rings is 1. The van der Waals surface area contributed by atoms with E-state index in [9.17, 15) is 8.42 Å². The van der Waals surface area contributed by atoms with Crippen molar-refractivity contribution in [1.29, 1.82) is 0 Å². The van der Waals surface area contributed by atoms with Gasteiger partial charge in [0.05, 0.1) is 18.6 Å². The third-order valence-corrected chi connectivity index (χ3v) is 4.30. The van der Waals surface area contributed by atoms with Crippen molar-refractivity contribution < 1.29 is 17.0 Å². The Morgan fingerprint density at radius 2 is 2.05 bits per heavy atom. The van der Waals surface area contributed by atoms with Crippen molar-refractivity contribution in [2.75, 3.05) is 12.9 Å². The quantitative estimate of drug-likeness (QED) is 0.755. The molecule has 0 saturated heterocycles. The van der Waals surface area contributed by atoms with E-state index in [4.69, 9.17) is 8.60 Å². The summed E-state index contributed by atoms with van der Waals surface area (Å²) in [5, 5.41) is 0. The number of nitrogens with zero attached hydrogens (tertiary/aromatic N) is 1. The number of aryl methyl sites for hydroxylation is 1. The van der Waals surface area contributed by atoms with Gasteiger partial charge in [0, 0.05) is 6.42 Å². The van der Waals surface area contributed by atoms with Gasteiger partial charge in [-0.05, 0) is 31.8 Å². The van der Waals surface area contributed by atoms with Gasteiger partial charge >= 0.3 is 0 Å². The van der Waals surface area contributed by atoms with Crippen LogP contribution in [0.4, 0.5) is 0 Å². The number of allylic oxidation sites excluding steroid dienone is 1. The van der Waals surface area contributed by atoms with Crippen LogP contribution in [0.2, 0.25) is 0 Å². The van der Waals surface area contributed by atoms with E-state index in [0.29, 0.717) is 18.2 Å². The summed E-state index contributed by atoms with van der Waals surface area (Å²) in [5.41, 5.74) is 0.752. The smallest absolute Gasteiger partial charge is 0.264 e. The lowest BCUT2D eigenvalue weighted by Gasteiger charge is -2.17. The average molecular weight is 313 g/mol. The van der Waals surface area contributed by atoms with E-state index >= 15 is 0 Å². The van der Waals surface area contributed by atoms with Crippen molar-refractivity contribution >= 4 is 16.2 Å². The zero-order valence-corrected chi connectivity index (χ0v) is 13.5. The first-order valence-corrected chi connectivity index (χ1v) is 9.24. The zero-order valence-electron chi connectivity index (χ0n) is 12.7. The molecule has 0 radical (unpaired) electrons. The van der Waals surface area contributed by atoms with Crippen molar-refractivity contribution in [1.82, 2.24) is 4.98 Å². The number of rotatable bonds is 6. The predicted molar refractivity (Wildman–Crippen MR) is 81.3 cm³/mol. The highest BCUT2D eigenvalue weighted by Gasteiger charge is 2.12. The van der Waals surface area contributed by atoms with E-state index in [1.54, 1.807) is 0 Å². The average Bonchev–Trinajstić information content (AvgIpc) is 2.77. The summed E-state index contributed by atoms with van der Waals surface area (Å²) in [6.07, 6.45) is 12.0. The molecule has 21 heavy (non-hydrogen) atoms. The molecule has 1 aliphatic carbocycles. The minimum atomic E-state index is -3.40. The Balaban J connectivity index is 1.90. The molecular weight excluding hydrogens is 290 g/mol. The molecule has 5 nitrogen and oxygen atoms in total. The Morgan fingerprint density at radius 3 is 2.71 bits per heavy atom. The lowest BCUT2D eigenvalue weighted by Crippen LogP contribution is -2.06. The van der Waals surface area contributed by atoms with Gasteiger partial charge in [-0.3, -0.25) is 4.18 Å². The Labute approximate surface area is 126 Å². The molecule has 1 heterocycles. The molecule has 0 unspecified atom stereocenters. The van der Waals surface area contributed by atoms with Gasteiger partial charge in [0.2, 0.25) is 5.89 Å². The SMILES string of the molecule is Cc1oc(/C=C/C2CCCCC2)nc1CCOS(C)(=O)=O. The first-order valence-electron chi connectivity index (χ1n) is 7.43. The number of hydrogen-bond acceptors (Lipinski definition) is 5. The van der Waals surface area contributed by atoms with Crippen molar-refractivity contribution in [2.45, 2.75) is 45.4 Å². The van der Waals surface area contributed by atoms with Gasteiger partial charge in [-0.25, -0.2) is 4.98 Å². The van der Waals surface area contributed by atoms with Crippen LogP contribution >= 0.6 is 0 Å². The molecular formula is C15H23NO4S. The summed E-state index contributed by atoms with van der Waals surface area (Å²) in [6, 6.07) is 0. The molecule has 1 aromatic rings. The standard InChI is InChI=1S/C15H23NO4S/c1-12-14(10-11-19-21(2,17)18)16-15(20-12)9-8-13-6-4-3-5-7-13/h8-9,13H,3-7,10-11H2,1-2H3/b9-8+. The van der Waals surface area contributed by atoms with Crippen LogP contribution in [0.25, 0.3) is 6.08 Å². The van der Waals surface area contributed by atoms with Crippen LogP contribution < -0.4 is 0 Å². The minimum absolute atomic E-state index is 0.0952. The van der Waals surface area contributed by atoms with Crippen LogP contribution in [0.3, 0.4) is 0 Å². The largest absolute Gasteiger partial charge is 0.442 e. The van der Waals surface area contributed by atoms with Gasteiger partial charge in [-0.1, -0.05) is 25.3 Å². The highest BCUT2D eigenvalue weighted by atomic mass is 32.2. The molecule has 1 aromatic heterocycles.